The maximum atomic E-state index is 13.2. The highest BCUT2D eigenvalue weighted by molar-refractivity contribution is 5.91. The molecule has 2 aromatic heterocycles. The van der Waals surface area contributed by atoms with Gasteiger partial charge in [0.15, 0.2) is 23.1 Å². The molecule has 2 atom stereocenters. The van der Waals surface area contributed by atoms with Gasteiger partial charge >= 0.3 is 23.9 Å². The van der Waals surface area contributed by atoms with Crippen molar-refractivity contribution >= 4 is 23.9 Å². The van der Waals surface area contributed by atoms with Crippen LogP contribution in [0, 0.1) is 0 Å². The first-order chi connectivity index (χ1) is 35.3. The van der Waals surface area contributed by atoms with Crippen molar-refractivity contribution in [1.82, 2.24) is 19.9 Å². The molecule has 3 heterocycles. The molecule has 4 aromatic rings. The summed E-state index contributed by atoms with van der Waals surface area (Å²) in [5.41, 5.74) is 1.90. The number of benzene rings is 2. The molecule has 0 aliphatic carbocycles. The molecule has 0 amide bonds. The van der Waals surface area contributed by atoms with Gasteiger partial charge in [0.05, 0.1) is 75.6 Å². The first-order valence-electron chi connectivity index (χ1n) is 25.7. The summed E-state index contributed by atoms with van der Waals surface area (Å²) in [6.07, 6.45) is 28.8. The third-order valence-corrected chi connectivity index (χ3v) is 11.8. The highest BCUT2D eigenvalue weighted by Gasteiger charge is 2.34. The largest absolute Gasteiger partial charge is 0.490 e. The lowest BCUT2D eigenvalue weighted by Gasteiger charge is -2.30. The number of aromatic nitrogens is 4. The Balaban J connectivity index is 0.927. The van der Waals surface area contributed by atoms with Crippen molar-refractivity contribution in [3.63, 3.8) is 0 Å². The lowest BCUT2D eigenvalue weighted by Crippen LogP contribution is -2.44. The van der Waals surface area contributed by atoms with Crippen LogP contribution in [0.4, 0.5) is 0 Å². The smallest absolute Gasteiger partial charge is 0.340 e. The molecule has 2 unspecified atom stereocenters. The zero-order valence-electron chi connectivity index (χ0n) is 41.7. The quantitative estimate of drug-likeness (QED) is 0.0181. The second-order valence-electron chi connectivity index (χ2n) is 17.4. The molecule has 0 radical (unpaired) electrons. The van der Waals surface area contributed by atoms with Crippen LogP contribution in [-0.2, 0) is 38.0 Å². The van der Waals surface area contributed by atoms with Crippen molar-refractivity contribution in [2.75, 3.05) is 39.6 Å². The molecule has 1 aliphatic rings. The molecule has 16 nitrogen and oxygen atoms in total. The van der Waals surface area contributed by atoms with Crippen LogP contribution in [-0.4, -0.2) is 96.0 Å². The number of hydrogen-bond acceptors (Lipinski definition) is 16. The van der Waals surface area contributed by atoms with E-state index >= 15 is 0 Å². The molecule has 1 saturated heterocycles. The van der Waals surface area contributed by atoms with Gasteiger partial charge in [-0.05, 0) is 49.9 Å². The van der Waals surface area contributed by atoms with Crippen LogP contribution in [0.15, 0.2) is 98.6 Å². The predicted octanol–water partition coefficient (Wildman–Crippen LogP) is 11.3. The Morgan fingerprint density at radius 1 is 0.444 bits per heavy atom. The summed E-state index contributed by atoms with van der Waals surface area (Å²) in [4.78, 5) is 66.2. The average Bonchev–Trinajstić information content (AvgIpc) is 3.41. The third kappa shape index (κ3) is 21.9. The summed E-state index contributed by atoms with van der Waals surface area (Å²) in [7, 11) is 0. The molecule has 0 N–H and O–H groups in total. The molecule has 0 spiro atoms. The topological polar surface area (TPSA) is 194 Å². The molecule has 388 valence electrons. The highest BCUT2D eigenvalue weighted by atomic mass is 16.8. The van der Waals surface area contributed by atoms with Gasteiger partial charge in [-0.3, -0.25) is 0 Å². The Morgan fingerprint density at radius 3 is 1.04 bits per heavy atom. The van der Waals surface area contributed by atoms with Gasteiger partial charge in [0.1, 0.15) is 0 Å². The number of unbranched alkanes of at least 4 members (excludes halogenated alkanes) is 18. The van der Waals surface area contributed by atoms with E-state index in [1.807, 2.05) is 0 Å². The van der Waals surface area contributed by atoms with Gasteiger partial charge in [-0.25, -0.2) is 39.1 Å². The van der Waals surface area contributed by atoms with Crippen LogP contribution < -0.4 is 9.47 Å². The van der Waals surface area contributed by atoms with Crippen LogP contribution in [0.5, 0.6) is 11.5 Å². The van der Waals surface area contributed by atoms with Gasteiger partial charge in [-0.2, -0.15) is 0 Å². The summed E-state index contributed by atoms with van der Waals surface area (Å²) < 4.78 is 44.2. The first kappa shape index (κ1) is 56.4. The fourth-order valence-corrected chi connectivity index (χ4v) is 7.68. The maximum absolute atomic E-state index is 13.2. The Labute approximate surface area is 424 Å². The van der Waals surface area contributed by atoms with Crippen molar-refractivity contribution in [3.05, 3.63) is 110 Å². The van der Waals surface area contributed by atoms with Crippen molar-refractivity contribution in [1.29, 1.82) is 0 Å². The summed E-state index contributed by atoms with van der Waals surface area (Å²) in [5, 5.41) is 0. The highest BCUT2D eigenvalue weighted by Crippen LogP contribution is 2.23. The zero-order valence-corrected chi connectivity index (χ0v) is 41.7. The minimum Gasteiger partial charge on any atom is -0.490 e. The molecule has 72 heavy (non-hydrogen) atoms. The van der Waals surface area contributed by atoms with E-state index < -0.39 is 24.5 Å². The van der Waals surface area contributed by atoms with Crippen molar-refractivity contribution in [2.24, 2.45) is 0 Å². The van der Waals surface area contributed by atoms with Crippen molar-refractivity contribution in [2.45, 2.75) is 141 Å². The van der Waals surface area contributed by atoms with E-state index in [1.165, 1.54) is 76.4 Å². The lowest BCUT2D eigenvalue weighted by molar-refractivity contribution is -0.288. The molecule has 5 rings (SSSR count). The predicted molar refractivity (Wildman–Crippen MR) is 271 cm³/mol. The second-order valence-corrected chi connectivity index (χ2v) is 17.4. The molecule has 0 saturated carbocycles. The Bertz CT molecular complexity index is 2050. The molecule has 2 aromatic carbocycles. The Hall–Kier alpha value is -6.52. The lowest BCUT2D eigenvalue weighted by atomic mass is 10.1. The third-order valence-electron chi connectivity index (χ3n) is 11.8. The van der Waals surface area contributed by atoms with E-state index in [0.29, 0.717) is 60.7 Å². The van der Waals surface area contributed by atoms with Gasteiger partial charge in [0.25, 0.3) is 12.6 Å². The summed E-state index contributed by atoms with van der Waals surface area (Å²) in [5.74, 6) is 0.0590. The fourth-order valence-electron chi connectivity index (χ4n) is 7.68. The van der Waals surface area contributed by atoms with E-state index in [1.54, 1.807) is 73.3 Å². The number of ether oxygens (including phenoxy) is 8. The minimum absolute atomic E-state index is 0.144. The van der Waals surface area contributed by atoms with E-state index in [4.69, 9.17) is 37.9 Å². The van der Waals surface area contributed by atoms with Crippen LogP contribution in [0.2, 0.25) is 0 Å². The van der Waals surface area contributed by atoms with Gasteiger partial charge in [-0.15, -0.1) is 0 Å². The molecule has 16 heteroatoms. The Morgan fingerprint density at radius 2 is 0.736 bits per heavy atom. The van der Waals surface area contributed by atoms with Crippen LogP contribution >= 0.6 is 0 Å². The molecule has 0 bridgehead atoms. The zero-order chi connectivity index (χ0) is 50.9. The molecule has 1 fully saturated rings. The first-order valence-corrected chi connectivity index (χ1v) is 25.7. The van der Waals surface area contributed by atoms with Gasteiger partial charge < -0.3 is 37.9 Å². The van der Waals surface area contributed by atoms with Crippen LogP contribution in [0.25, 0.3) is 22.8 Å². The van der Waals surface area contributed by atoms with Crippen LogP contribution in [0.1, 0.15) is 149 Å². The molecule has 1 aliphatic heterocycles. The van der Waals surface area contributed by atoms with Gasteiger partial charge in [0.2, 0.25) is 0 Å². The monoisotopic (exact) mass is 993 g/mol. The average molecular weight is 993 g/mol. The van der Waals surface area contributed by atoms with E-state index in [-0.39, 0.29) is 36.3 Å². The van der Waals surface area contributed by atoms with E-state index in [9.17, 15) is 19.2 Å². The van der Waals surface area contributed by atoms with Crippen molar-refractivity contribution in [3.8, 4) is 34.3 Å². The van der Waals surface area contributed by atoms with E-state index in [2.05, 4.69) is 33.1 Å². The SMILES string of the molecule is C=CC(=O)OCCCCCCCCCCCCOc1cnc(-c2ccc(C(=O)OC3OCCOC3OC(=O)c3ccc(-c4ncc(OCCCCCCCCCCCCOC(=O)C=C)cn4)cc3)cc2)nc1. The number of rotatable bonds is 36. The molecular weight excluding hydrogens is 921 g/mol. The number of carbonyl (C=O) groups is 4. The normalized spacial score (nSPS) is 14.2. The maximum Gasteiger partial charge on any atom is 0.340 e. The summed E-state index contributed by atoms with van der Waals surface area (Å²) >= 11 is 0. The number of carbonyl (C=O) groups excluding carboxylic acids is 4. The summed E-state index contributed by atoms with van der Waals surface area (Å²) in [6.45, 7) is 9.20. The minimum atomic E-state index is -1.28. The number of nitrogens with zero attached hydrogens (tertiary/aromatic N) is 4. The Kier molecular flexibility index (Phi) is 26.6. The second kappa shape index (κ2) is 34.0. The number of hydrogen-bond donors (Lipinski definition) is 0. The van der Waals surface area contributed by atoms with Gasteiger partial charge in [-0.1, -0.05) is 140 Å². The number of esters is 4. The molecular formula is C56H72N4O12. The van der Waals surface area contributed by atoms with Crippen LogP contribution in [0.3, 0.4) is 0 Å². The standard InChI is InChI=1S/C56H72N4O12/c1-3-49(61)67-35-23-19-15-11-7-5-9-13-17-21-33-65-47-39-57-51(58-40-47)43-25-29-45(30-26-43)53(63)71-55-56(70-38-37-69-55)72-54(64)46-31-27-44(28-32-46)52-59-41-48(42-60-52)66-34-22-18-14-10-6-8-12-16-20-24-36-68-50(62)4-2/h3-4,25-32,39-42,55-56H,1-2,5-24,33-38H2. The van der Waals surface area contributed by atoms with Crippen molar-refractivity contribution < 1.29 is 57.1 Å². The summed E-state index contributed by atoms with van der Waals surface area (Å²) in [6, 6.07) is 13.3. The fraction of sp³-hybridized carbons (Fsp3) is 0.500. The van der Waals surface area contributed by atoms with E-state index in [0.717, 1.165) is 64.2 Å². The van der Waals surface area contributed by atoms with Gasteiger partial charge in [0, 0.05) is 23.3 Å².